The van der Waals surface area contributed by atoms with Crippen LogP contribution >= 0.6 is 0 Å². The highest BCUT2D eigenvalue weighted by atomic mass is 19.3. The van der Waals surface area contributed by atoms with Crippen LogP contribution in [-0.4, -0.2) is 32.7 Å². The number of ether oxygens (including phenoxy) is 1. The molecule has 0 saturated carbocycles. The molecule has 2 aromatic heterocycles. The molecule has 3 aromatic rings. The summed E-state index contributed by atoms with van der Waals surface area (Å²) in [7, 11) is 0. The van der Waals surface area contributed by atoms with Gasteiger partial charge in [-0.3, -0.25) is 9.20 Å². The Morgan fingerprint density at radius 2 is 1.87 bits per heavy atom. The largest absolute Gasteiger partial charge is 0.374 e. The number of hydrogen-bond donors (Lipinski definition) is 2. The molecule has 1 atom stereocenters. The Labute approximate surface area is 173 Å². The highest BCUT2D eigenvalue weighted by molar-refractivity contribution is 5.85. The van der Waals surface area contributed by atoms with Crippen molar-refractivity contribution in [2.45, 2.75) is 44.9 Å². The van der Waals surface area contributed by atoms with E-state index in [1.165, 1.54) is 22.7 Å². The van der Waals surface area contributed by atoms with Crippen LogP contribution in [0.2, 0.25) is 0 Å². The molecule has 9 heteroatoms. The van der Waals surface area contributed by atoms with Gasteiger partial charge in [0.25, 0.3) is 5.92 Å². The third-order valence-corrected chi connectivity index (χ3v) is 4.53. The van der Waals surface area contributed by atoms with Crippen molar-refractivity contribution in [2.24, 2.45) is 5.73 Å². The summed E-state index contributed by atoms with van der Waals surface area (Å²) in [6, 6.07) is 11.5. The molecule has 3 N–H and O–H groups in total. The summed E-state index contributed by atoms with van der Waals surface area (Å²) in [5.41, 5.74) is 5.91. The highest BCUT2D eigenvalue weighted by Gasteiger charge is 2.29. The van der Waals surface area contributed by atoms with Gasteiger partial charge in [-0.15, -0.1) is 10.2 Å². The summed E-state index contributed by atoms with van der Waals surface area (Å²) < 4.78 is 34.8. The average molecular weight is 417 g/mol. The number of nitrogens with zero attached hydrogens (tertiary/aromatic N) is 3. The lowest BCUT2D eigenvalue weighted by molar-refractivity contribution is -0.126. The maximum absolute atomic E-state index is 13.8. The molecule has 0 aliphatic rings. The van der Waals surface area contributed by atoms with Crippen molar-refractivity contribution in [3.8, 4) is 0 Å². The summed E-state index contributed by atoms with van der Waals surface area (Å²) in [5.74, 6) is -3.18. The molecule has 0 spiro atoms. The second-order valence-electron chi connectivity index (χ2n) is 7.84. The molecular formula is C21H25F2N5O2. The number of alkyl halides is 2. The van der Waals surface area contributed by atoms with E-state index in [2.05, 4.69) is 15.5 Å². The van der Waals surface area contributed by atoms with Crippen LogP contribution < -0.4 is 11.1 Å². The molecule has 1 amide bonds. The molecule has 30 heavy (non-hydrogen) atoms. The lowest BCUT2D eigenvalue weighted by Gasteiger charge is -2.23. The first-order chi connectivity index (χ1) is 14.1. The Morgan fingerprint density at radius 1 is 1.17 bits per heavy atom. The average Bonchev–Trinajstić information content (AvgIpc) is 3.09. The van der Waals surface area contributed by atoms with Gasteiger partial charge >= 0.3 is 0 Å². The molecule has 0 fully saturated rings. The minimum Gasteiger partial charge on any atom is -0.374 e. The number of pyridine rings is 1. The van der Waals surface area contributed by atoms with Crippen LogP contribution in [0.5, 0.6) is 0 Å². The fourth-order valence-corrected chi connectivity index (χ4v) is 2.80. The van der Waals surface area contributed by atoms with E-state index in [0.717, 1.165) is 12.5 Å². The van der Waals surface area contributed by atoms with Gasteiger partial charge in [0, 0.05) is 18.7 Å². The fraction of sp³-hybridized carbons (Fsp3) is 0.381. The van der Waals surface area contributed by atoms with Crippen molar-refractivity contribution in [2.75, 3.05) is 6.61 Å². The van der Waals surface area contributed by atoms with Crippen molar-refractivity contribution >= 4 is 11.6 Å². The Balaban J connectivity index is 1.89. The predicted molar refractivity (Wildman–Crippen MR) is 108 cm³/mol. The topological polar surface area (TPSA) is 94.5 Å². The molecule has 2 heterocycles. The number of rotatable bonds is 8. The second kappa shape index (κ2) is 8.45. The van der Waals surface area contributed by atoms with E-state index in [9.17, 15) is 13.6 Å². The van der Waals surface area contributed by atoms with Gasteiger partial charge in [-0.25, -0.2) is 8.78 Å². The third kappa shape index (κ3) is 5.17. The first-order valence-electron chi connectivity index (χ1n) is 9.50. The molecule has 1 aromatic carbocycles. The van der Waals surface area contributed by atoms with Crippen LogP contribution in [0.15, 0.2) is 48.7 Å². The van der Waals surface area contributed by atoms with Gasteiger partial charge < -0.3 is 15.8 Å². The van der Waals surface area contributed by atoms with Crippen molar-refractivity contribution in [1.82, 2.24) is 19.9 Å². The number of hydrogen-bond acceptors (Lipinski definition) is 5. The SMILES string of the molecule is CC(C)(N)C(=O)N[C@H](COCc1ccccc1)c1nnc2ccc(C(C)(F)F)cn12. The smallest absolute Gasteiger partial charge is 0.271 e. The van der Waals surface area contributed by atoms with Gasteiger partial charge in [-0.05, 0) is 31.5 Å². The first-order valence-corrected chi connectivity index (χ1v) is 9.50. The van der Waals surface area contributed by atoms with E-state index in [4.69, 9.17) is 10.5 Å². The molecule has 0 aliphatic heterocycles. The molecular weight excluding hydrogens is 392 g/mol. The summed E-state index contributed by atoms with van der Waals surface area (Å²) in [6.07, 6.45) is 1.27. The van der Waals surface area contributed by atoms with Gasteiger partial charge in [0.15, 0.2) is 11.5 Å². The lowest BCUT2D eigenvalue weighted by atomic mass is 10.1. The number of nitrogens with one attached hydrogen (secondary N) is 1. The van der Waals surface area contributed by atoms with E-state index < -0.39 is 23.4 Å². The molecule has 0 radical (unpaired) electrons. The number of fused-ring (bicyclic) bond motifs is 1. The third-order valence-electron chi connectivity index (χ3n) is 4.53. The van der Waals surface area contributed by atoms with Crippen molar-refractivity contribution < 1.29 is 18.3 Å². The Bertz CT molecular complexity index is 1010. The number of aromatic nitrogens is 3. The maximum Gasteiger partial charge on any atom is 0.271 e. The number of benzene rings is 1. The zero-order valence-electron chi connectivity index (χ0n) is 17.1. The van der Waals surface area contributed by atoms with E-state index >= 15 is 0 Å². The highest BCUT2D eigenvalue weighted by Crippen LogP contribution is 2.27. The number of carbonyl (C=O) groups is 1. The maximum atomic E-state index is 13.8. The van der Waals surface area contributed by atoms with Gasteiger partial charge in [-0.2, -0.15) is 0 Å². The Kier molecular flexibility index (Phi) is 6.14. The molecule has 0 saturated heterocycles. The lowest BCUT2D eigenvalue weighted by Crippen LogP contribution is -2.50. The summed E-state index contributed by atoms with van der Waals surface area (Å²) in [4.78, 5) is 12.5. The van der Waals surface area contributed by atoms with Crippen LogP contribution in [-0.2, 0) is 22.1 Å². The summed E-state index contributed by atoms with van der Waals surface area (Å²) in [6.45, 7) is 4.33. The minimum atomic E-state index is -3.03. The monoisotopic (exact) mass is 417 g/mol. The van der Waals surface area contributed by atoms with Crippen LogP contribution in [0, 0.1) is 0 Å². The number of carbonyl (C=O) groups excluding carboxylic acids is 1. The van der Waals surface area contributed by atoms with E-state index in [1.54, 1.807) is 13.8 Å². The number of amides is 1. The van der Waals surface area contributed by atoms with E-state index in [-0.39, 0.29) is 18.0 Å². The predicted octanol–water partition coefficient (Wildman–Crippen LogP) is 2.95. The van der Waals surface area contributed by atoms with E-state index in [1.807, 2.05) is 30.3 Å². The summed E-state index contributed by atoms with van der Waals surface area (Å²) >= 11 is 0. The molecule has 0 unspecified atom stereocenters. The van der Waals surface area contributed by atoms with Gasteiger partial charge in [-0.1, -0.05) is 30.3 Å². The Morgan fingerprint density at radius 3 is 2.50 bits per heavy atom. The van der Waals surface area contributed by atoms with Crippen LogP contribution in [0.3, 0.4) is 0 Å². The normalized spacial score (nSPS) is 13.4. The van der Waals surface area contributed by atoms with Crippen molar-refractivity contribution in [3.63, 3.8) is 0 Å². The minimum absolute atomic E-state index is 0.0598. The quantitative estimate of drug-likeness (QED) is 0.588. The number of nitrogens with two attached hydrogens (primary N) is 1. The van der Waals surface area contributed by atoms with Crippen LogP contribution in [0.25, 0.3) is 5.65 Å². The molecule has 0 aliphatic carbocycles. The van der Waals surface area contributed by atoms with Gasteiger partial charge in [0.05, 0.1) is 18.8 Å². The second-order valence-corrected chi connectivity index (χ2v) is 7.84. The molecule has 0 bridgehead atoms. The van der Waals surface area contributed by atoms with Gasteiger partial charge in [0.1, 0.15) is 6.04 Å². The number of halogens is 2. The molecule has 3 rings (SSSR count). The molecule has 160 valence electrons. The zero-order chi connectivity index (χ0) is 21.9. The van der Waals surface area contributed by atoms with Crippen molar-refractivity contribution in [3.05, 3.63) is 65.6 Å². The molecule has 7 nitrogen and oxygen atoms in total. The van der Waals surface area contributed by atoms with Crippen molar-refractivity contribution in [1.29, 1.82) is 0 Å². The van der Waals surface area contributed by atoms with Gasteiger partial charge in [0.2, 0.25) is 5.91 Å². The van der Waals surface area contributed by atoms with E-state index in [0.29, 0.717) is 12.3 Å². The van der Waals surface area contributed by atoms with Crippen LogP contribution in [0.1, 0.15) is 43.8 Å². The fourth-order valence-electron chi connectivity index (χ4n) is 2.80. The summed E-state index contributed by atoms with van der Waals surface area (Å²) in [5, 5.41) is 10.9. The zero-order valence-corrected chi connectivity index (χ0v) is 17.1. The van der Waals surface area contributed by atoms with Crippen LogP contribution in [0.4, 0.5) is 8.78 Å². The standard InChI is InChI=1S/C21H25F2N5O2/c1-20(2,24)19(29)25-16(13-30-12-14-7-5-4-6-8-14)18-27-26-17-10-9-15(11-28(17)18)21(3,22)23/h4-11,16H,12-13,24H2,1-3H3,(H,25,29)/t16-/m1/s1. The Hall–Kier alpha value is -2.91. The first kappa shape index (κ1) is 21.8.